The molecule has 0 radical (unpaired) electrons. The highest BCUT2D eigenvalue weighted by Crippen LogP contribution is 2.40. The Morgan fingerprint density at radius 2 is 2.04 bits per heavy atom. The molecular weight excluding hydrogens is 350 g/mol. The zero-order valence-corrected chi connectivity index (χ0v) is 15.3. The van der Waals surface area contributed by atoms with E-state index in [1.807, 2.05) is 0 Å². The van der Waals surface area contributed by atoms with Gasteiger partial charge in [-0.25, -0.2) is 18.5 Å². The average Bonchev–Trinajstić information content (AvgIpc) is 3.28. The standard InChI is InChI=1S/C15H21N3O4S2/c1-22-15(20)12-10-7-9(18-24(2,16)21)5-6-11(10)23-14(12)17-13(19)8-3-4-8/h8-9H,3-7H2,1-2H3,(H,17,19)(H2,16,18,21). The molecule has 3 rings (SSSR count). The summed E-state index contributed by atoms with van der Waals surface area (Å²) in [6.07, 6.45) is 5.10. The maximum absolute atomic E-state index is 12.2. The number of thiophene rings is 1. The monoisotopic (exact) mass is 371 g/mol. The number of esters is 1. The number of ether oxygens (including phenoxy) is 1. The first kappa shape index (κ1) is 17.4. The average molecular weight is 371 g/mol. The number of carbonyl (C=O) groups is 2. The summed E-state index contributed by atoms with van der Waals surface area (Å²) in [5, 5.41) is 3.42. The van der Waals surface area contributed by atoms with Crippen LogP contribution in [0.3, 0.4) is 0 Å². The van der Waals surface area contributed by atoms with Crippen LogP contribution >= 0.6 is 11.3 Å². The number of hydrogen-bond acceptors (Lipinski definition) is 6. The van der Waals surface area contributed by atoms with Crippen molar-refractivity contribution in [1.82, 2.24) is 4.72 Å². The molecule has 2 atom stereocenters. The molecule has 0 bridgehead atoms. The highest BCUT2D eigenvalue weighted by Gasteiger charge is 2.34. The first-order valence-electron chi connectivity index (χ1n) is 7.83. The second kappa shape index (κ2) is 6.45. The van der Waals surface area contributed by atoms with Gasteiger partial charge in [-0.3, -0.25) is 4.79 Å². The lowest BCUT2D eigenvalue weighted by Gasteiger charge is -2.23. The molecule has 1 aromatic rings. The van der Waals surface area contributed by atoms with Crippen LogP contribution in [0.4, 0.5) is 5.00 Å². The Balaban J connectivity index is 1.90. The molecule has 0 aliphatic heterocycles. The summed E-state index contributed by atoms with van der Waals surface area (Å²) in [6.45, 7) is 0. The first-order chi connectivity index (χ1) is 11.3. The normalized spacial score (nSPS) is 22.3. The first-order valence-corrected chi connectivity index (χ1v) is 10.6. The van der Waals surface area contributed by atoms with Crippen LogP contribution in [-0.2, 0) is 32.3 Å². The lowest BCUT2D eigenvalue weighted by Crippen LogP contribution is -2.37. The third kappa shape index (κ3) is 3.79. The lowest BCUT2D eigenvalue weighted by molar-refractivity contribution is -0.117. The van der Waals surface area contributed by atoms with Gasteiger partial charge in [-0.05, 0) is 37.7 Å². The van der Waals surface area contributed by atoms with Gasteiger partial charge in [0, 0.05) is 23.1 Å². The number of rotatable bonds is 5. The van der Waals surface area contributed by atoms with E-state index in [-0.39, 0.29) is 17.9 Å². The minimum Gasteiger partial charge on any atom is -0.465 e. The Morgan fingerprint density at radius 1 is 1.33 bits per heavy atom. The van der Waals surface area contributed by atoms with Gasteiger partial charge in [0.05, 0.1) is 12.7 Å². The summed E-state index contributed by atoms with van der Waals surface area (Å²) >= 11 is 1.42. The van der Waals surface area contributed by atoms with Gasteiger partial charge in [0.25, 0.3) is 0 Å². The quantitative estimate of drug-likeness (QED) is 0.687. The zero-order valence-electron chi connectivity index (χ0n) is 13.6. The molecule has 1 heterocycles. The molecule has 0 aromatic carbocycles. The predicted molar refractivity (Wildman–Crippen MR) is 92.7 cm³/mol. The van der Waals surface area contributed by atoms with Crippen molar-refractivity contribution >= 4 is 38.1 Å². The van der Waals surface area contributed by atoms with Gasteiger partial charge >= 0.3 is 5.97 Å². The summed E-state index contributed by atoms with van der Waals surface area (Å²) in [4.78, 5) is 25.4. The number of amides is 1. The van der Waals surface area contributed by atoms with Gasteiger partial charge in [0.1, 0.15) is 14.9 Å². The molecule has 0 spiro atoms. The Morgan fingerprint density at radius 3 is 2.62 bits per heavy atom. The number of methoxy groups -OCH3 is 1. The van der Waals surface area contributed by atoms with Crippen LogP contribution in [0.25, 0.3) is 0 Å². The summed E-state index contributed by atoms with van der Waals surface area (Å²) in [5.74, 6) is -0.462. The molecule has 1 fully saturated rings. The molecule has 2 aliphatic rings. The van der Waals surface area contributed by atoms with Gasteiger partial charge < -0.3 is 10.1 Å². The molecule has 2 aliphatic carbocycles. The van der Waals surface area contributed by atoms with Crippen LogP contribution in [0.5, 0.6) is 0 Å². The molecule has 9 heteroatoms. The van der Waals surface area contributed by atoms with Gasteiger partial charge in [-0.2, -0.15) is 0 Å². The second-order valence-corrected chi connectivity index (χ2v) is 9.39. The molecule has 24 heavy (non-hydrogen) atoms. The number of anilines is 1. The van der Waals surface area contributed by atoms with E-state index in [0.29, 0.717) is 17.0 Å². The molecule has 2 unspecified atom stereocenters. The second-order valence-electron chi connectivity index (χ2n) is 6.36. The Kier molecular flexibility index (Phi) is 4.67. The van der Waals surface area contributed by atoms with Crippen molar-refractivity contribution in [3.05, 3.63) is 16.0 Å². The van der Waals surface area contributed by atoms with Crippen molar-refractivity contribution < 1.29 is 18.5 Å². The molecule has 7 nitrogen and oxygen atoms in total. The number of nitrogens with one attached hydrogen (secondary N) is 3. The summed E-state index contributed by atoms with van der Waals surface area (Å²) in [6, 6.07) is -0.127. The van der Waals surface area contributed by atoms with E-state index in [0.717, 1.165) is 36.1 Å². The maximum Gasteiger partial charge on any atom is 0.341 e. The van der Waals surface area contributed by atoms with E-state index in [9.17, 15) is 13.8 Å². The molecule has 132 valence electrons. The summed E-state index contributed by atoms with van der Waals surface area (Å²) < 4.78 is 27.0. The predicted octanol–water partition coefficient (Wildman–Crippen LogP) is 1.92. The number of fused-ring (bicyclic) bond motifs is 1. The fourth-order valence-electron chi connectivity index (χ4n) is 2.97. The maximum atomic E-state index is 12.2. The number of hydrogen-bond donors (Lipinski definition) is 3. The van der Waals surface area contributed by atoms with E-state index < -0.39 is 15.9 Å². The topological polar surface area (TPSA) is 108 Å². The van der Waals surface area contributed by atoms with E-state index >= 15 is 0 Å². The smallest absolute Gasteiger partial charge is 0.341 e. The van der Waals surface area contributed by atoms with Crippen molar-refractivity contribution in [3.8, 4) is 0 Å². The van der Waals surface area contributed by atoms with Crippen LogP contribution in [0.1, 0.15) is 40.1 Å². The Labute approximate surface area is 145 Å². The van der Waals surface area contributed by atoms with Crippen molar-refractivity contribution in [2.75, 3.05) is 18.7 Å². The van der Waals surface area contributed by atoms with Crippen LogP contribution < -0.4 is 10.0 Å². The fraction of sp³-hybridized carbons (Fsp3) is 0.600. The highest BCUT2D eigenvalue weighted by atomic mass is 32.2. The minimum atomic E-state index is -2.81. The molecule has 1 aromatic heterocycles. The van der Waals surface area contributed by atoms with E-state index in [2.05, 4.69) is 10.0 Å². The van der Waals surface area contributed by atoms with Crippen molar-refractivity contribution in [2.45, 2.75) is 38.1 Å². The molecular formula is C15H21N3O4S2. The van der Waals surface area contributed by atoms with Crippen LogP contribution in [-0.4, -0.2) is 35.5 Å². The Hall–Kier alpha value is -1.45. The summed E-state index contributed by atoms with van der Waals surface area (Å²) in [5.41, 5.74) is 1.25. The van der Waals surface area contributed by atoms with Crippen LogP contribution in [0.2, 0.25) is 0 Å². The Bertz CT molecular complexity index is 781. The van der Waals surface area contributed by atoms with Gasteiger partial charge in [0.15, 0.2) is 0 Å². The number of aryl methyl sites for hydroxylation is 1. The van der Waals surface area contributed by atoms with E-state index in [1.54, 1.807) is 0 Å². The third-order valence-electron chi connectivity index (χ3n) is 4.23. The van der Waals surface area contributed by atoms with Crippen molar-refractivity contribution in [3.63, 3.8) is 0 Å². The SMILES string of the molecule is COC(=O)c1c(NC(=O)C2CC2)sc2c1CC(NS(C)(=N)=O)CC2. The number of carbonyl (C=O) groups excluding carboxylic acids is 2. The fourth-order valence-corrected chi connectivity index (χ4v) is 5.04. The van der Waals surface area contributed by atoms with Crippen molar-refractivity contribution in [1.29, 1.82) is 4.78 Å². The minimum absolute atomic E-state index is 0.0452. The lowest BCUT2D eigenvalue weighted by atomic mass is 9.92. The zero-order chi connectivity index (χ0) is 17.5. The van der Waals surface area contributed by atoms with E-state index in [4.69, 9.17) is 9.52 Å². The largest absolute Gasteiger partial charge is 0.465 e. The highest BCUT2D eigenvalue weighted by molar-refractivity contribution is 7.89. The molecule has 0 saturated heterocycles. The van der Waals surface area contributed by atoms with Crippen LogP contribution in [0, 0.1) is 10.7 Å². The third-order valence-corrected chi connectivity index (χ3v) is 6.22. The van der Waals surface area contributed by atoms with Crippen LogP contribution in [0.15, 0.2) is 0 Å². The molecule has 1 amide bonds. The van der Waals surface area contributed by atoms with Gasteiger partial charge in [0.2, 0.25) is 5.91 Å². The van der Waals surface area contributed by atoms with Gasteiger partial charge in [-0.15, -0.1) is 11.3 Å². The van der Waals surface area contributed by atoms with E-state index in [1.165, 1.54) is 24.7 Å². The van der Waals surface area contributed by atoms with Crippen molar-refractivity contribution in [2.24, 2.45) is 5.92 Å². The molecule has 3 N–H and O–H groups in total. The molecule has 1 saturated carbocycles. The van der Waals surface area contributed by atoms with Gasteiger partial charge in [-0.1, -0.05) is 0 Å². The summed E-state index contributed by atoms with van der Waals surface area (Å²) in [7, 11) is -1.49.